The maximum atomic E-state index is 11.5. The first kappa shape index (κ1) is 14.1. The van der Waals surface area contributed by atoms with Crippen molar-refractivity contribution in [1.29, 1.82) is 0 Å². The highest BCUT2D eigenvalue weighted by molar-refractivity contribution is 5.90. The molecule has 2 N–H and O–H groups in total. The number of likely N-dealkylation sites (N-methyl/N-ethyl adjacent to an activating group) is 1. The molecule has 0 fully saturated rings. The van der Waals surface area contributed by atoms with Crippen molar-refractivity contribution in [2.45, 2.75) is 26.1 Å². The molecule has 3 rings (SSSR count). The van der Waals surface area contributed by atoms with Crippen LogP contribution in [0, 0.1) is 0 Å². The Bertz CT molecular complexity index is 705. The van der Waals surface area contributed by atoms with Crippen molar-refractivity contribution < 1.29 is 9.90 Å². The van der Waals surface area contributed by atoms with E-state index in [2.05, 4.69) is 29.4 Å². The number of hydrogen-bond acceptors (Lipinski definition) is 3. The molecule has 5 nitrogen and oxygen atoms in total. The van der Waals surface area contributed by atoms with Crippen molar-refractivity contribution in [3.05, 3.63) is 35.0 Å². The van der Waals surface area contributed by atoms with Crippen LogP contribution in [-0.4, -0.2) is 34.1 Å². The number of nitrogens with zero attached hydrogens (tertiary/aromatic N) is 2. The standard InChI is InChI=1S/C16H21N3O2/c1-4-17-15(16(20)21)13-9-19(3)14-6-11-8-18(2)7-10(11)5-12(13)14/h5-6,9,15,17H,4,7-8H2,1-3H3,(H,20,21). The number of nitrogens with one attached hydrogen (secondary N) is 1. The summed E-state index contributed by atoms with van der Waals surface area (Å²) in [6.45, 7) is 4.44. The monoisotopic (exact) mass is 287 g/mol. The van der Waals surface area contributed by atoms with E-state index in [9.17, 15) is 9.90 Å². The molecule has 0 radical (unpaired) electrons. The van der Waals surface area contributed by atoms with Gasteiger partial charge in [-0.15, -0.1) is 0 Å². The van der Waals surface area contributed by atoms with Gasteiger partial charge in [-0.1, -0.05) is 6.92 Å². The van der Waals surface area contributed by atoms with Crippen molar-refractivity contribution in [2.75, 3.05) is 13.6 Å². The lowest BCUT2D eigenvalue weighted by Gasteiger charge is -2.12. The molecule has 1 unspecified atom stereocenters. The summed E-state index contributed by atoms with van der Waals surface area (Å²) in [7, 11) is 4.08. The molecule has 1 aromatic heterocycles. The third-order valence-corrected chi connectivity index (χ3v) is 4.19. The number of rotatable bonds is 4. The average Bonchev–Trinajstić information content (AvgIpc) is 2.93. The number of carbonyl (C=O) groups is 1. The smallest absolute Gasteiger partial charge is 0.325 e. The van der Waals surface area contributed by atoms with Gasteiger partial charge in [-0.05, 0) is 36.9 Å². The van der Waals surface area contributed by atoms with Crippen LogP contribution in [0.25, 0.3) is 10.9 Å². The van der Waals surface area contributed by atoms with Crippen LogP contribution in [0.1, 0.15) is 29.7 Å². The molecule has 5 heteroatoms. The molecule has 1 aromatic carbocycles. The van der Waals surface area contributed by atoms with Crippen LogP contribution in [0.15, 0.2) is 18.3 Å². The number of carboxylic acids is 1. The van der Waals surface area contributed by atoms with Crippen LogP contribution < -0.4 is 5.32 Å². The normalized spacial score (nSPS) is 16.3. The maximum absolute atomic E-state index is 11.5. The van der Waals surface area contributed by atoms with Crippen LogP contribution in [0.5, 0.6) is 0 Å². The highest BCUT2D eigenvalue weighted by atomic mass is 16.4. The Labute approximate surface area is 124 Å². The van der Waals surface area contributed by atoms with Crippen molar-refractivity contribution >= 4 is 16.9 Å². The Morgan fingerprint density at radius 2 is 2.00 bits per heavy atom. The molecule has 0 aliphatic carbocycles. The Morgan fingerprint density at radius 1 is 1.33 bits per heavy atom. The Hall–Kier alpha value is -1.85. The number of aliphatic carboxylic acids is 1. The zero-order chi connectivity index (χ0) is 15.1. The van der Waals surface area contributed by atoms with Gasteiger partial charge < -0.3 is 15.0 Å². The second-order valence-corrected chi connectivity index (χ2v) is 5.83. The molecule has 112 valence electrons. The highest BCUT2D eigenvalue weighted by Gasteiger charge is 2.25. The second kappa shape index (κ2) is 5.16. The number of benzene rings is 1. The largest absolute Gasteiger partial charge is 0.480 e. The summed E-state index contributed by atoms with van der Waals surface area (Å²) < 4.78 is 2.02. The van der Waals surface area contributed by atoms with E-state index in [-0.39, 0.29) is 0 Å². The van der Waals surface area contributed by atoms with Gasteiger partial charge in [-0.2, -0.15) is 0 Å². The topological polar surface area (TPSA) is 57.5 Å². The molecule has 2 heterocycles. The fraction of sp³-hybridized carbons (Fsp3) is 0.438. The molecular weight excluding hydrogens is 266 g/mol. The van der Waals surface area contributed by atoms with E-state index in [1.54, 1.807) is 0 Å². The Morgan fingerprint density at radius 3 is 2.62 bits per heavy atom. The van der Waals surface area contributed by atoms with E-state index in [1.807, 2.05) is 24.7 Å². The third-order valence-electron chi connectivity index (χ3n) is 4.19. The lowest BCUT2D eigenvalue weighted by molar-refractivity contribution is -0.139. The van der Waals surface area contributed by atoms with Gasteiger partial charge >= 0.3 is 5.97 Å². The van der Waals surface area contributed by atoms with E-state index in [0.717, 1.165) is 29.6 Å². The fourth-order valence-electron chi connectivity index (χ4n) is 3.24. The lowest BCUT2D eigenvalue weighted by atomic mass is 10.0. The van der Waals surface area contributed by atoms with Crippen LogP contribution in [-0.2, 0) is 24.9 Å². The van der Waals surface area contributed by atoms with Gasteiger partial charge in [0.2, 0.25) is 0 Å². The van der Waals surface area contributed by atoms with Gasteiger partial charge in [0.1, 0.15) is 6.04 Å². The molecule has 1 atom stereocenters. The molecule has 0 saturated carbocycles. The Kier molecular flexibility index (Phi) is 3.47. The number of aryl methyl sites for hydroxylation is 1. The van der Waals surface area contributed by atoms with Crippen molar-refractivity contribution in [3.8, 4) is 0 Å². The number of fused-ring (bicyclic) bond motifs is 2. The molecule has 0 bridgehead atoms. The first-order chi connectivity index (χ1) is 10.0. The van der Waals surface area contributed by atoms with Gasteiger partial charge in [0.05, 0.1) is 0 Å². The molecule has 1 aliphatic rings. The highest BCUT2D eigenvalue weighted by Crippen LogP contribution is 2.32. The van der Waals surface area contributed by atoms with E-state index < -0.39 is 12.0 Å². The van der Waals surface area contributed by atoms with Gasteiger partial charge in [-0.3, -0.25) is 9.69 Å². The molecule has 0 spiro atoms. The average molecular weight is 287 g/mol. The molecule has 21 heavy (non-hydrogen) atoms. The Balaban J connectivity index is 2.16. The quantitative estimate of drug-likeness (QED) is 0.901. The van der Waals surface area contributed by atoms with E-state index in [4.69, 9.17) is 0 Å². The lowest BCUT2D eigenvalue weighted by Crippen LogP contribution is -2.28. The summed E-state index contributed by atoms with van der Waals surface area (Å²) >= 11 is 0. The predicted molar refractivity (Wildman–Crippen MR) is 82.1 cm³/mol. The maximum Gasteiger partial charge on any atom is 0.325 e. The summed E-state index contributed by atoms with van der Waals surface area (Å²) in [5, 5.41) is 13.6. The van der Waals surface area contributed by atoms with Crippen molar-refractivity contribution in [3.63, 3.8) is 0 Å². The molecular formula is C16H21N3O2. The first-order valence-electron chi connectivity index (χ1n) is 7.26. The molecule has 0 amide bonds. The van der Waals surface area contributed by atoms with Crippen molar-refractivity contribution in [2.24, 2.45) is 7.05 Å². The van der Waals surface area contributed by atoms with Gasteiger partial charge in [-0.25, -0.2) is 0 Å². The zero-order valence-electron chi connectivity index (χ0n) is 12.7. The van der Waals surface area contributed by atoms with Gasteiger partial charge in [0, 0.05) is 42.8 Å². The van der Waals surface area contributed by atoms with Crippen LogP contribution in [0.2, 0.25) is 0 Å². The first-order valence-corrected chi connectivity index (χ1v) is 7.26. The van der Waals surface area contributed by atoms with E-state index >= 15 is 0 Å². The second-order valence-electron chi connectivity index (χ2n) is 5.83. The summed E-state index contributed by atoms with van der Waals surface area (Å²) in [5.74, 6) is -0.832. The molecule has 2 aromatic rings. The van der Waals surface area contributed by atoms with E-state index in [0.29, 0.717) is 6.54 Å². The SMILES string of the molecule is CCNC(C(=O)O)c1cn(C)c2cc3c(cc12)CN(C)C3. The minimum atomic E-state index is -0.832. The predicted octanol–water partition coefficient (Wildman–Crippen LogP) is 1.86. The molecule has 0 saturated heterocycles. The summed E-state index contributed by atoms with van der Waals surface area (Å²) in [4.78, 5) is 13.8. The molecule has 1 aliphatic heterocycles. The summed E-state index contributed by atoms with van der Waals surface area (Å²) in [6.07, 6.45) is 1.94. The third kappa shape index (κ3) is 2.32. The minimum absolute atomic E-state index is 0.626. The number of carboxylic acid groups (broad SMARTS) is 1. The van der Waals surface area contributed by atoms with Crippen LogP contribution >= 0.6 is 0 Å². The summed E-state index contributed by atoms with van der Waals surface area (Å²) in [5.41, 5.74) is 4.59. The number of aromatic nitrogens is 1. The van der Waals surface area contributed by atoms with Gasteiger partial charge in [0.15, 0.2) is 0 Å². The number of hydrogen-bond donors (Lipinski definition) is 2. The fourth-order valence-corrected chi connectivity index (χ4v) is 3.24. The van der Waals surface area contributed by atoms with Gasteiger partial charge in [0.25, 0.3) is 0 Å². The van der Waals surface area contributed by atoms with E-state index in [1.165, 1.54) is 11.1 Å². The minimum Gasteiger partial charge on any atom is -0.480 e. The summed E-state index contributed by atoms with van der Waals surface area (Å²) in [6, 6.07) is 3.70. The van der Waals surface area contributed by atoms with Crippen molar-refractivity contribution in [1.82, 2.24) is 14.8 Å². The van der Waals surface area contributed by atoms with Crippen LogP contribution in [0.4, 0.5) is 0 Å². The van der Waals surface area contributed by atoms with Crippen LogP contribution in [0.3, 0.4) is 0 Å². The zero-order valence-corrected chi connectivity index (χ0v) is 12.7.